The number of likely N-dealkylation sites (tertiary alicyclic amines) is 1. The van der Waals surface area contributed by atoms with E-state index in [0.717, 1.165) is 15.9 Å². The average molecular weight is 230 g/mol. The Hall–Kier alpha value is -2.24. The van der Waals surface area contributed by atoms with Gasteiger partial charge in [-0.3, -0.25) is 14.5 Å². The molecule has 6 heteroatoms. The number of carbonyl (C=O) groups excluding carboxylic acids is 2. The Balaban J connectivity index is 2.11. The minimum atomic E-state index is -0.556. The molecule has 0 N–H and O–H groups in total. The maximum Gasteiger partial charge on any atom is 0.254 e. The summed E-state index contributed by atoms with van der Waals surface area (Å²) in [5.74, 6) is -0.412. The van der Waals surface area contributed by atoms with Gasteiger partial charge in [0.1, 0.15) is 11.6 Å². The molecule has 0 aliphatic carbocycles. The number of rotatable bonds is 1. The first-order valence-electron chi connectivity index (χ1n) is 5.29. The lowest BCUT2D eigenvalue weighted by molar-refractivity contribution is -0.137. The fourth-order valence-corrected chi connectivity index (χ4v) is 2.04. The predicted molar refractivity (Wildman–Crippen MR) is 59.0 cm³/mol. The smallest absolute Gasteiger partial charge is 0.254 e. The summed E-state index contributed by atoms with van der Waals surface area (Å²) < 4.78 is 1.53. The van der Waals surface area contributed by atoms with E-state index in [4.69, 9.17) is 0 Å². The molecule has 1 aromatic carbocycles. The summed E-state index contributed by atoms with van der Waals surface area (Å²) in [5.41, 5.74) is 1.50. The van der Waals surface area contributed by atoms with E-state index in [1.54, 1.807) is 0 Å². The van der Waals surface area contributed by atoms with Crippen molar-refractivity contribution < 1.29 is 9.59 Å². The predicted octanol–water partition coefficient (Wildman–Crippen LogP) is 0.361. The van der Waals surface area contributed by atoms with E-state index in [0.29, 0.717) is 0 Å². The van der Waals surface area contributed by atoms with Crippen LogP contribution in [0, 0.1) is 0 Å². The number of amides is 2. The molecule has 0 saturated carbocycles. The van der Waals surface area contributed by atoms with Crippen LogP contribution in [0.1, 0.15) is 12.5 Å². The highest BCUT2D eigenvalue weighted by molar-refractivity contribution is 6.04. The van der Waals surface area contributed by atoms with Gasteiger partial charge in [0.05, 0.1) is 11.9 Å². The molecule has 17 heavy (non-hydrogen) atoms. The van der Waals surface area contributed by atoms with Crippen LogP contribution < -0.4 is 0 Å². The molecular formula is C11H10N4O2. The van der Waals surface area contributed by atoms with Gasteiger partial charge in [-0.25, -0.2) is 4.68 Å². The zero-order valence-corrected chi connectivity index (χ0v) is 9.20. The monoisotopic (exact) mass is 230 g/mol. The first-order chi connectivity index (χ1) is 8.18. The van der Waals surface area contributed by atoms with Crippen LogP contribution in [0.15, 0.2) is 24.3 Å². The molecule has 3 rings (SSSR count). The molecule has 0 bridgehead atoms. The fraction of sp³-hybridized carbons (Fsp3) is 0.273. The Morgan fingerprint density at radius 2 is 2.06 bits per heavy atom. The second-order valence-corrected chi connectivity index (χ2v) is 4.03. The minimum Gasteiger partial charge on any atom is -0.284 e. The van der Waals surface area contributed by atoms with E-state index in [9.17, 15) is 9.59 Å². The topological polar surface area (TPSA) is 68.1 Å². The molecule has 6 nitrogen and oxygen atoms in total. The van der Waals surface area contributed by atoms with Gasteiger partial charge in [-0.1, -0.05) is 17.3 Å². The Kier molecular flexibility index (Phi) is 1.98. The van der Waals surface area contributed by atoms with E-state index >= 15 is 0 Å². The lowest BCUT2D eigenvalue weighted by Crippen LogP contribution is -2.27. The van der Waals surface area contributed by atoms with E-state index in [1.807, 2.05) is 24.3 Å². The van der Waals surface area contributed by atoms with Gasteiger partial charge in [-0.15, -0.1) is 5.10 Å². The molecule has 1 aromatic heterocycles. The van der Waals surface area contributed by atoms with Crippen LogP contribution in [0.3, 0.4) is 0 Å². The minimum absolute atomic E-state index is 0.155. The molecule has 1 aliphatic rings. The van der Waals surface area contributed by atoms with Gasteiger partial charge in [0.2, 0.25) is 5.91 Å². The Morgan fingerprint density at radius 1 is 1.29 bits per heavy atom. The van der Waals surface area contributed by atoms with Crippen molar-refractivity contribution in [3.05, 3.63) is 24.3 Å². The molecule has 1 aliphatic heterocycles. The normalized spacial score (nSPS) is 20.5. The lowest BCUT2D eigenvalue weighted by Gasteiger charge is -2.09. The Bertz CT molecular complexity index is 619. The van der Waals surface area contributed by atoms with Crippen LogP contribution in [0.4, 0.5) is 0 Å². The molecule has 1 unspecified atom stereocenters. The van der Waals surface area contributed by atoms with Crippen LogP contribution in [0.25, 0.3) is 11.0 Å². The lowest BCUT2D eigenvalue weighted by atomic mass is 10.2. The van der Waals surface area contributed by atoms with Gasteiger partial charge in [0.25, 0.3) is 5.91 Å². The first kappa shape index (κ1) is 9.95. The van der Waals surface area contributed by atoms with E-state index < -0.39 is 6.04 Å². The largest absolute Gasteiger partial charge is 0.284 e. The van der Waals surface area contributed by atoms with Gasteiger partial charge in [0.15, 0.2) is 0 Å². The standard InChI is InChI=1S/C11H10N4O2/c1-14-10(16)6-9(11(14)17)15-8-5-3-2-4-7(8)12-13-15/h2-5,9H,6H2,1H3. The highest BCUT2D eigenvalue weighted by Crippen LogP contribution is 2.25. The van der Waals surface area contributed by atoms with Gasteiger partial charge in [-0.05, 0) is 12.1 Å². The SMILES string of the molecule is CN1C(=O)CC(n2nnc3ccccc32)C1=O. The number of benzene rings is 1. The third-order valence-electron chi connectivity index (χ3n) is 3.03. The summed E-state index contributed by atoms with van der Waals surface area (Å²) >= 11 is 0. The summed E-state index contributed by atoms with van der Waals surface area (Å²) in [5, 5.41) is 7.94. The molecule has 1 atom stereocenters. The highest BCUT2D eigenvalue weighted by Gasteiger charge is 2.38. The van der Waals surface area contributed by atoms with Crippen molar-refractivity contribution in [3.8, 4) is 0 Å². The van der Waals surface area contributed by atoms with Crippen LogP contribution in [0.5, 0.6) is 0 Å². The maximum absolute atomic E-state index is 11.9. The number of carbonyl (C=O) groups is 2. The number of fused-ring (bicyclic) bond motifs is 1. The molecular weight excluding hydrogens is 220 g/mol. The average Bonchev–Trinajstić information content (AvgIpc) is 2.86. The van der Waals surface area contributed by atoms with Crippen LogP contribution in [-0.2, 0) is 9.59 Å². The zero-order valence-electron chi connectivity index (χ0n) is 9.20. The molecule has 86 valence electrons. The maximum atomic E-state index is 11.9. The highest BCUT2D eigenvalue weighted by atomic mass is 16.2. The van der Waals surface area contributed by atoms with Crippen molar-refractivity contribution in [1.82, 2.24) is 19.9 Å². The van der Waals surface area contributed by atoms with E-state index in [1.165, 1.54) is 11.7 Å². The van der Waals surface area contributed by atoms with E-state index in [2.05, 4.69) is 10.3 Å². The van der Waals surface area contributed by atoms with Crippen molar-refractivity contribution in [1.29, 1.82) is 0 Å². The number of likely N-dealkylation sites (N-methyl/N-ethyl adjacent to an activating group) is 1. The number of hydrogen-bond acceptors (Lipinski definition) is 4. The quantitative estimate of drug-likeness (QED) is 0.663. The summed E-state index contributed by atoms with van der Waals surface area (Å²) in [6, 6.07) is 6.82. The Morgan fingerprint density at radius 3 is 2.76 bits per heavy atom. The van der Waals surface area contributed by atoms with Gasteiger partial charge in [-0.2, -0.15) is 0 Å². The number of para-hydroxylation sites is 1. The molecule has 1 fully saturated rings. The van der Waals surface area contributed by atoms with Crippen molar-refractivity contribution in [2.45, 2.75) is 12.5 Å². The molecule has 2 aromatic rings. The van der Waals surface area contributed by atoms with Crippen LogP contribution >= 0.6 is 0 Å². The second kappa shape index (κ2) is 3.38. The number of hydrogen-bond donors (Lipinski definition) is 0. The summed E-state index contributed by atoms with van der Waals surface area (Å²) in [6.07, 6.45) is 0.155. The number of nitrogens with zero attached hydrogens (tertiary/aromatic N) is 4. The zero-order chi connectivity index (χ0) is 12.0. The number of aromatic nitrogens is 3. The third kappa shape index (κ3) is 1.33. The van der Waals surface area contributed by atoms with Gasteiger partial charge >= 0.3 is 0 Å². The third-order valence-corrected chi connectivity index (χ3v) is 3.03. The molecule has 1 saturated heterocycles. The molecule has 2 heterocycles. The second-order valence-electron chi connectivity index (χ2n) is 4.03. The van der Waals surface area contributed by atoms with Gasteiger partial charge in [0, 0.05) is 7.05 Å². The van der Waals surface area contributed by atoms with Crippen LogP contribution in [-0.4, -0.2) is 38.8 Å². The van der Waals surface area contributed by atoms with Crippen molar-refractivity contribution in [2.24, 2.45) is 0 Å². The van der Waals surface area contributed by atoms with E-state index in [-0.39, 0.29) is 18.2 Å². The summed E-state index contributed by atoms with van der Waals surface area (Å²) in [7, 11) is 1.49. The molecule has 0 radical (unpaired) electrons. The Labute approximate surface area is 96.8 Å². The molecule has 2 amide bonds. The van der Waals surface area contributed by atoms with Crippen molar-refractivity contribution >= 4 is 22.8 Å². The van der Waals surface area contributed by atoms with Gasteiger partial charge < -0.3 is 0 Å². The number of imide groups is 1. The first-order valence-corrected chi connectivity index (χ1v) is 5.29. The molecule has 0 spiro atoms. The fourth-order valence-electron chi connectivity index (χ4n) is 2.04. The summed E-state index contributed by atoms with van der Waals surface area (Å²) in [4.78, 5) is 24.5. The summed E-state index contributed by atoms with van der Waals surface area (Å²) in [6.45, 7) is 0. The van der Waals surface area contributed by atoms with Crippen molar-refractivity contribution in [2.75, 3.05) is 7.05 Å². The van der Waals surface area contributed by atoms with Crippen molar-refractivity contribution in [3.63, 3.8) is 0 Å². The van der Waals surface area contributed by atoms with Crippen LogP contribution in [0.2, 0.25) is 0 Å².